The fourth-order valence-electron chi connectivity index (χ4n) is 2.40. The molecule has 1 aliphatic rings. The van der Waals surface area contributed by atoms with Gasteiger partial charge >= 0.3 is 5.97 Å². The maximum absolute atomic E-state index is 11.9. The lowest BCUT2D eigenvalue weighted by Gasteiger charge is -2.10. The van der Waals surface area contributed by atoms with Gasteiger partial charge in [0.1, 0.15) is 17.2 Å². The third-order valence-corrected chi connectivity index (χ3v) is 3.56. The van der Waals surface area contributed by atoms with Crippen molar-refractivity contribution in [2.45, 2.75) is 13.8 Å². The predicted octanol–water partition coefficient (Wildman–Crippen LogP) is 4.12. The number of aliphatic imine (C=N–C) groups is 1. The van der Waals surface area contributed by atoms with Crippen LogP contribution in [0, 0.1) is 0 Å². The van der Waals surface area contributed by atoms with Crippen molar-refractivity contribution in [2.75, 3.05) is 13.7 Å². The Morgan fingerprint density at radius 2 is 2.00 bits per heavy atom. The topological polar surface area (TPSA) is 57.1 Å². The van der Waals surface area contributed by atoms with E-state index in [1.54, 1.807) is 32.2 Å². The Morgan fingerprint density at radius 3 is 2.74 bits per heavy atom. The van der Waals surface area contributed by atoms with Crippen molar-refractivity contribution in [2.24, 2.45) is 4.99 Å². The number of fused-ring (bicyclic) bond motifs is 2. The molecule has 0 aromatic heterocycles. The minimum absolute atomic E-state index is 0.333. The highest BCUT2D eigenvalue weighted by atomic mass is 16.5. The first kappa shape index (κ1) is 15.1. The Bertz CT molecular complexity index is 796. The van der Waals surface area contributed by atoms with Crippen molar-refractivity contribution in [3.05, 3.63) is 47.5 Å². The van der Waals surface area contributed by atoms with E-state index in [1.807, 2.05) is 25.1 Å². The molecule has 0 fully saturated rings. The minimum atomic E-state index is -0.369. The molecule has 0 unspecified atom stereocenters. The minimum Gasteiger partial charge on any atom is -0.497 e. The number of hydrogen-bond acceptors (Lipinski definition) is 5. The van der Waals surface area contributed by atoms with E-state index >= 15 is 0 Å². The number of nitrogens with zero attached hydrogens (tertiary/aromatic N) is 1. The van der Waals surface area contributed by atoms with E-state index in [-0.39, 0.29) is 5.97 Å². The van der Waals surface area contributed by atoms with Crippen molar-refractivity contribution in [1.29, 1.82) is 0 Å². The van der Waals surface area contributed by atoms with Gasteiger partial charge in [-0.3, -0.25) is 0 Å². The highest BCUT2D eigenvalue weighted by molar-refractivity contribution is 6.04. The fraction of sp³-hybridized carbons (Fsp3) is 0.222. The molecule has 2 aromatic carbocycles. The highest BCUT2D eigenvalue weighted by Crippen LogP contribution is 2.39. The Balaban J connectivity index is 2.05. The van der Waals surface area contributed by atoms with Gasteiger partial charge in [-0.2, -0.15) is 0 Å². The van der Waals surface area contributed by atoms with Gasteiger partial charge in [0.05, 0.1) is 19.3 Å². The summed E-state index contributed by atoms with van der Waals surface area (Å²) in [6.45, 7) is 4.01. The second-order valence-electron chi connectivity index (χ2n) is 5.06. The quantitative estimate of drug-likeness (QED) is 0.800. The first-order valence-electron chi connectivity index (χ1n) is 7.35. The summed E-state index contributed by atoms with van der Waals surface area (Å²) in [6, 6.07) is 10.7. The lowest BCUT2D eigenvalue weighted by molar-refractivity contribution is 0.0526. The molecule has 0 radical (unpaired) electrons. The molecule has 0 aliphatic carbocycles. The van der Waals surface area contributed by atoms with E-state index in [9.17, 15) is 4.79 Å². The Hall–Kier alpha value is -2.82. The second kappa shape index (κ2) is 6.12. The van der Waals surface area contributed by atoms with Crippen molar-refractivity contribution in [1.82, 2.24) is 0 Å². The first-order chi connectivity index (χ1) is 11.1. The zero-order valence-electron chi connectivity index (χ0n) is 13.3. The number of carbonyl (C=O) groups is 1. The number of esters is 1. The van der Waals surface area contributed by atoms with Gasteiger partial charge in [-0.05, 0) is 44.2 Å². The van der Waals surface area contributed by atoms with Crippen molar-refractivity contribution >= 4 is 17.4 Å². The van der Waals surface area contributed by atoms with Crippen molar-refractivity contribution < 1.29 is 19.0 Å². The molecular formula is C18H17NO4. The van der Waals surface area contributed by atoms with E-state index in [1.165, 1.54) is 0 Å². The van der Waals surface area contributed by atoms with Gasteiger partial charge < -0.3 is 14.2 Å². The van der Waals surface area contributed by atoms with Gasteiger partial charge in [0, 0.05) is 17.3 Å². The summed E-state index contributed by atoms with van der Waals surface area (Å²) in [5, 5.41) is 0. The fourth-order valence-corrected chi connectivity index (χ4v) is 2.40. The second-order valence-corrected chi connectivity index (χ2v) is 5.06. The number of rotatable bonds is 3. The molecule has 5 heteroatoms. The van der Waals surface area contributed by atoms with Crippen LogP contribution in [0.2, 0.25) is 0 Å². The summed E-state index contributed by atoms with van der Waals surface area (Å²) in [5.41, 5.74) is 2.75. The van der Waals surface area contributed by atoms with E-state index in [2.05, 4.69) is 4.99 Å². The van der Waals surface area contributed by atoms with Crippen LogP contribution in [-0.4, -0.2) is 25.4 Å². The van der Waals surface area contributed by atoms with Gasteiger partial charge in [0.15, 0.2) is 5.75 Å². The summed E-state index contributed by atoms with van der Waals surface area (Å²) in [5.74, 6) is 1.60. The standard InChI is InChI=1S/C18H17NO4/c1-4-22-18(20)12-5-8-16-15(9-12)19-11(2)14-7-6-13(21-3)10-17(14)23-16/h5-10H,4H2,1-3H3. The Labute approximate surface area is 134 Å². The summed E-state index contributed by atoms with van der Waals surface area (Å²) in [4.78, 5) is 16.5. The van der Waals surface area contributed by atoms with E-state index in [4.69, 9.17) is 14.2 Å². The number of methoxy groups -OCH3 is 1. The summed E-state index contributed by atoms with van der Waals surface area (Å²) < 4.78 is 16.2. The van der Waals surface area contributed by atoms with Crippen molar-refractivity contribution in [3.63, 3.8) is 0 Å². The Kier molecular flexibility index (Phi) is 4.02. The molecule has 5 nitrogen and oxygen atoms in total. The molecule has 0 bridgehead atoms. The van der Waals surface area contributed by atoms with Gasteiger partial charge in [0.2, 0.25) is 0 Å². The SMILES string of the molecule is CCOC(=O)c1ccc2c(c1)N=C(C)c1ccc(OC)cc1O2. The smallest absolute Gasteiger partial charge is 0.338 e. The molecule has 0 saturated heterocycles. The molecular weight excluding hydrogens is 294 g/mol. The lowest BCUT2D eigenvalue weighted by Crippen LogP contribution is -2.04. The van der Waals surface area contributed by atoms with Gasteiger partial charge in [-0.1, -0.05) is 0 Å². The average molecular weight is 311 g/mol. The largest absolute Gasteiger partial charge is 0.497 e. The van der Waals surface area contributed by atoms with Crippen LogP contribution < -0.4 is 9.47 Å². The first-order valence-corrected chi connectivity index (χ1v) is 7.35. The molecule has 2 aromatic rings. The van der Waals surface area contributed by atoms with Gasteiger partial charge in [0.25, 0.3) is 0 Å². The zero-order valence-corrected chi connectivity index (χ0v) is 13.3. The molecule has 0 saturated carbocycles. The third-order valence-electron chi connectivity index (χ3n) is 3.56. The number of carbonyl (C=O) groups excluding carboxylic acids is 1. The molecule has 1 heterocycles. The predicted molar refractivity (Wildman–Crippen MR) is 87.3 cm³/mol. The highest BCUT2D eigenvalue weighted by Gasteiger charge is 2.18. The third kappa shape index (κ3) is 2.90. The molecule has 3 rings (SSSR count). The Morgan fingerprint density at radius 1 is 1.17 bits per heavy atom. The van der Waals surface area contributed by atoms with E-state index < -0.39 is 0 Å². The summed E-state index contributed by atoms with van der Waals surface area (Å²) in [7, 11) is 1.61. The monoisotopic (exact) mass is 311 g/mol. The van der Waals surface area contributed by atoms with Crippen LogP contribution in [0.1, 0.15) is 29.8 Å². The molecule has 0 N–H and O–H groups in total. The molecule has 0 spiro atoms. The zero-order chi connectivity index (χ0) is 16.4. The number of benzene rings is 2. The molecule has 1 aliphatic heterocycles. The summed E-state index contributed by atoms with van der Waals surface area (Å²) in [6.07, 6.45) is 0. The number of ether oxygens (including phenoxy) is 3. The average Bonchev–Trinajstić information content (AvgIpc) is 2.69. The number of hydrogen-bond donors (Lipinski definition) is 0. The van der Waals surface area contributed by atoms with Crippen molar-refractivity contribution in [3.8, 4) is 17.2 Å². The van der Waals surface area contributed by atoms with Gasteiger partial charge in [-0.25, -0.2) is 9.79 Å². The van der Waals surface area contributed by atoms with Crippen LogP contribution in [0.15, 0.2) is 41.4 Å². The van der Waals surface area contributed by atoms with Gasteiger partial charge in [-0.15, -0.1) is 0 Å². The maximum Gasteiger partial charge on any atom is 0.338 e. The van der Waals surface area contributed by atoms with Crippen LogP contribution in [0.25, 0.3) is 0 Å². The van der Waals surface area contributed by atoms with E-state index in [0.717, 1.165) is 11.3 Å². The molecule has 118 valence electrons. The van der Waals surface area contributed by atoms with Crippen LogP contribution in [-0.2, 0) is 4.74 Å². The lowest BCUT2D eigenvalue weighted by atomic mass is 10.1. The normalized spacial score (nSPS) is 12.2. The van der Waals surface area contributed by atoms with Crippen LogP contribution in [0.3, 0.4) is 0 Å². The molecule has 23 heavy (non-hydrogen) atoms. The van der Waals surface area contributed by atoms with Crippen LogP contribution in [0.5, 0.6) is 17.2 Å². The maximum atomic E-state index is 11.9. The van der Waals surface area contributed by atoms with E-state index in [0.29, 0.717) is 35.1 Å². The molecule has 0 amide bonds. The summed E-state index contributed by atoms with van der Waals surface area (Å²) >= 11 is 0. The van der Waals surface area contributed by atoms with Crippen LogP contribution in [0.4, 0.5) is 5.69 Å². The van der Waals surface area contributed by atoms with Crippen LogP contribution >= 0.6 is 0 Å². The molecule has 0 atom stereocenters.